The molecule has 88 valence electrons. The second-order valence-electron chi connectivity index (χ2n) is 4.38. The smallest absolute Gasteiger partial charge is 0.240 e. The van der Waals surface area contributed by atoms with Crippen LogP contribution in [-0.4, -0.2) is 62.0 Å². The number of amides is 1. The number of nitrogens with zero attached hydrogens (tertiary/aromatic N) is 2. The van der Waals surface area contributed by atoms with Crippen molar-refractivity contribution in [2.45, 2.75) is 25.8 Å². The average Bonchev–Trinajstić information content (AvgIpc) is 2.24. The fraction of sp³-hybridized carbons (Fsp3) is 0.909. The van der Waals surface area contributed by atoms with Crippen LogP contribution >= 0.6 is 0 Å². The van der Waals surface area contributed by atoms with Gasteiger partial charge in [0.1, 0.15) is 0 Å². The normalized spacial score (nSPS) is 22.7. The van der Waals surface area contributed by atoms with Gasteiger partial charge in [-0.1, -0.05) is 13.3 Å². The SMILES string of the molecule is CCCCN(C)C(=O)C1CN(C)CCN1. The molecule has 1 atom stereocenters. The maximum absolute atomic E-state index is 12.0. The van der Waals surface area contributed by atoms with Gasteiger partial charge in [-0.15, -0.1) is 0 Å². The van der Waals surface area contributed by atoms with E-state index in [1.54, 1.807) is 0 Å². The lowest BCUT2D eigenvalue weighted by Crippen LogP contribution is -2.56. The molecule has 1 amide bonds. The van der Waals surface area contributed by atoms with Gasteiger partial charge in [-0.25, -0.2) is 0 Å². The van der Waals surface area contributed by atoms with Gasteiger partial charge in [0.15, 0.2) is 0 Å². The Morgan fingerprint density at radius 3 is 2.93 bits per heavy atom. The number of hydrogen-bond acceptors (Lipinski definition) is 3. The Morgan fingerprint density at radius 1 is 1.60 bits per heavy atom. The van der Waals surface area contributed by atoms with E-state index in [0.717, 1.165) is 39.0 Å². The standard InChI is InChI=1S/C11H23N3O/c1-4-5-7-14(3)11(15)10-9-13(2)8-6-12-10/h10,12H,4-9H2,1-3H3. The molecule has 4 heteroatoms. The number of rotatable bonds is 4. The molecule has 0 aromatic carbocycles. The zero-order valence-electron chi connectivity index (χ0n) is 10.1. The van der Waals surface area contributed by atoms with E-state index in [0.29, 0.717) is 0 Å². The fourth-order valence-corrected chi connectivity index (χ4v) is 1.83. The van der Waals surface area contributed by atoms with E-state index < -0.39 is 0 Å². The van der Waals surface area contributed by atoms with Gasteiger partial charge in [0.25, 0.3) is 0 Å². The summed E-state index contributed by atoms with van der Waals surface area (Å²) in [5, 5.41) is 3.27. The highest BCUT2D eigenvalue weighted by Gasteiger charge is 2.25. The van der Waals surface area contributed by atoms with E-state index in [9.17, 15) is 4.79 Å². The first kappa shape index (κ1) is 12.5. The third-order valence-electron chi connectivity index (χ3n) is 2.90. The van der Waals surface area contributed by atoms with Gasteiger partial charge in [-0.3, -0.25) is 4.79 Å². The van der Waals surface area contributed by atoms with Crippen LogP contribution < -0.4 is 5.32 Å². The fourth-order valence-electron chi connectivity index (χ4n) is 1.83. The predicted molar refractivity (Wildman–Crippen MR) is 61.8 cm³/mol. The molecule has 15 heavy (non-hydrogen) atoms. The molecule has 1 unspecified atom stereocenters. The summed E-state index contributed by atoms with van der Waals surface area (Å²) in [5.74, 6) is 0.231. The minimum Gasteiger partial charge on any atom is -0.344 e. The number of carbonyl (C=O) groups excluding carboxylic acids is 1. The molecule has 1 aliphatic rings. The second kappa shape index (κ2) is 6.08. The summed E-state index contributed by atoms with van der Waals surface area (Å²) in [4.78, 5) is 16.0. The summed E-state index contributed by atoms with van der Waals surface area (Å²) in [6.45, 7) is 5.79. The van der Waals surface area contributed by atoms with Crippen LogP contribution in [-0.2, 0) is 4.79 Å². The quantitative estimate of drug-likeness (QED) is 0.722. The third kappa shape index (κ3) is 3.80. The molecule has 1 rings (SSSR count). The van der Waals surface area contributed by atoms with Gasteiger partial charge in [0.2, 0.25) is 5.91 Å². The van der Waals surface area contributed by atoms with Crippen molar-refractivity contribution in [3.63, 3.8) is 0 Å². The first-order valence-electron chi connectivity index (χ1n) is 5.82. The van der Waals surface area contributed by atoms with Crippen molar-refractivity contribution in [3.8, 4) is 0 Å². The Labute approximate surface area is 92.6 Å². The van der Waals surface area contributed by atoms with Gasteiger partial charge in [0, 0.05) is 33.2 Å². The van der Waals surface area contributed by atoms with E-state index in [2.05, 4.69) is 24.2 Å². The van der Waals surface area contributed by atoms with Crippen LogP contribution in [0.3, 0.4) is 0 Å². The lowest BCUT2D eigenvalue weighted by molar-refractivity contribution is -0.133. The molecule has 0 aromatic heterocycles. The Kier molecular flexibility index (Phi) is 5.05. The van der Waals surface area contributed by atoms with Crippen molar-refractivity contribution < 1.29 is 4.79 Å². The van der Waals surface area contributed by atoms with Gasteiger partial charge in [-0.05, 0) is 13.5 Å². The minimum atomic E-state index is -0.00870. The molecule has 0 bridgehead atoms. The van der Waals surface area contributed by atoms with Crippen LogP contribution in [0.25, 0.3) is 0 Å². The molecule has 0 aromatic rings. The summed E-state index contributed by atoms with van der Waals surface area (Å²) < 4.78 is 0. The molecule has 1 fully saturated rings. The molecule has 0 spiro atoms. The minimum absolute atomic E-state index is 0.00870. The number of likely N-dealkylation sites (N-methyl/N-ethyl adjacent to an activating group) is 2. The second-order valence-corrected chi connectivity index (χ2v) is 4.38. The number of hydrogen-bond donors (Lipinski definition) is 1. The van der Waals surface area contributed by atoms with Crippen LogP contribution in [0.15, 0.2) is 0 Å². The molecule has 1 N–H and O–H groups in total. The summed E-state index contributed by atoms with van der Waals surface area (Å²) in [6, 6.07) is -0.00870. The van der Waals surface area contributed by atoms with Gasteiger partial charge < -0.3 is 15.1 Å². The molecule has 1 heterocycles. The van der Waals surface area contributed by atoms with Gasteiger partial charge >= 0.3 is 0 Å². The monoisotopic (exact) mass is 213 g/mol. The Bertz CT molecular complexity index is 208. The van der Waals surface area contributed by atoms with Crippen LogP contribution in [0.5, 0.6) is 0 Å². The third-order valence-corrected chi connectivity index (χ3v) is 2.90. The molecule has 4 nitrogen and oxygen atoms in total. The Hall–Kier alpha value is -0.610. The molecule has 1 aliphatic heterocycles. The van der Waals surface area contributed by atoms with Gasteiger partial charge in [-0.2, -0.15) is 0 Å². The molecular formula is C11H23N3O. The van der Waals surface area contributed by atoms with Crippen molar-refractivity contribution in [1.29, 1.82) is 0 Å². The highest BCUT2D eigenvalue weighted by atomic mass is 16.2. The number of carbonyl (C=O) groups is 1. The maximum atomic E-state index is 12.0. The molecule has 0 saturated carbocycles. The zero-order chi connectivity index (χ0) is 11.3. The van der Waals surface area contributed by atoms with Crippen LogP contribution in [0.4, 0.5) is 0 Å². The van der Waals surface area contributed by atoms with Crippen LogP contribution in [0.1, 0.15) is 19.8 Å². The van der Waals surface area contributed by atoms with Crippen molar-refractivity contribution in [2.75, 3.05) is 40.3 Å². The first-order chi connectivity index (χ1) is 7.15. The Balaban J connectivity index is 2.37. The van der Waals surface area contributed by atoms with Crippen molar-refractivity contribution in [3.05, 3.63) is 0 Å². The topological polar surface area (TPSA) is 35.6 Å². The van der Waals surface area contributed by atoms with Gasteiger partial charge in [0.05, 0.1) is 6.04 Å². The predicted octanol–water partition coefficient (Wildman–Crippen LogP) is 0.149. The zero-order valence-corrected chi connectivity index (χ0v) is 10.1. The molecule has 0 radical (unpaired) electrons. The van der Waals surface area contributed by atoms with Crippen molar-refractivity contribution >= 4 is 5.91 Å². The lowest BCUT2D eigenvalue weighted by atomic mass is 10.2. The summed E-state index contributed by atoms with van der Waals surface area (Å²) >= 11 is 0. The van der Waals surface area contributed by atoms with Crippen molar-refractivity contribution in [1.82, 2.24) is 15.1 Å². The highest BCUT2D eigenvalue weighted by Crippen LogP contribution is 2.01. The summed E-state index contributed by atoms with van der Waals surface area (Å²) in [6.07, 6.45) is 2.22. The molecular weight excluding hydrogens is 190 g/mol. The van der Waals surface area contributed by atoms with Crippen LogP contribution in [0, 0.1) is 0 Å². The largest absolute Gasteiger partial charge is 0.344 e. The summed E-state index contributed by atoms with van der Waals surface area (Å²) in [7, 11) is 3.96. The number of piperazine rings is 1. The lowest BCUT2D eigenvalue weighted by Gasteiger charge is -2.32. The van der Waals surface area contributed by atoms with E-state index in [1.807, 2.05) is 11.9 Å². The number of unbranched alkanes of at least 4 members (excludes halogenated alkanes) is 1. The van der Waals surface area contributed by atoms with E-state index in [-0.39, 0.29) is 11.9 Å². The van der Waals surface area contributed by atoms with E-state index in [1.165, 1.54) is 0 Å². The maximum Gasteiger partial charge on any atom is 0.240 e. The molecule has 0 aliphatic carbocycles. The highest BCUT2D eigenvalue weighted by molar-refractivity contribution is 5.82. The Morgan fingerprint density at radius 2 is 2.33 bits per heavy atom. The summed E-state index contributed by atoms with van der Waals surface area (Å²) in [5.41, 5.74) is 0. The average molecular weight is 213 g/mol. The van der Waals surface area contributed by atoms with Crippen molar-refractivity contribution in [2.24, 2.45) is 0 Å². The number of nitrogens with one attached hydrogen (secondary N) is 1. The first-order valence-corrected chi connectivity index (χ1v) is 5.82. The van der Waals surface area contributed by atoms with E-state index >= 15 is 0 Å². The molecule has 1 saturated heterocycles. The van der Waals surface area contributed by atoms with E-state index in [4.69, 9.17) is 0 Å². The van der Waals surface area contributed by atoms with Crippen LogP contribution in [0.2, 0.25) is 0 Å².